The van der Waals surface area contributed by atoms with Crippen LogP contribution in [0.5, 0.6) is 0 Å². The van der Waals surface area contributed by atoms with E-state index in [1.165, 1.54) is 15.9 Å². The molecule has 0 fully saturated rings. The highest BCUT2D eigenvalue weighted by atomic mass is 31.2. The predicted octanol–water partition coefficient (Wildman–Crippen LogP) is 2.84. The van der Waals surface area contributed by atoms with Crippen molar-refractivity contribution < 1.29 is 4.79 Å². The third-order valence-corrected chi connectivity index (χ3v) is 9.48. The van der Waals surface area contributed by atoms with Gasteiger partial charge in [0.2, 0.25) is 5.91 Å². The molecule has 3 aromatic carbocycles. The normalized spacial score (nSPS) is 11.2. The van der Waals surface area contributed by atoms with E-state index in [0.29, 0.717) is 19.5 Å². The van der Waals surface area contributed by atoms with Gasteiger partial charge in [0.05, 0.1) is 6.16 Å². The molecule has 0 saturated heterocycles. The molecule has 28 heavy (non-hydrogen) atoms. The van der Waals surface area contributed by atoms with Gasteiger partial charge in [-0.05, 0) is 42.8 Å². The Morgan fingerprint density at radius 1 is 0.750 bits per heavy atom. The summed E-state index contributed by atoms with van der Waals surface area (Å²) < 4.78 is 0. The quantitative estimate of drug-likeness (QED) is 0.551. The van der Waals surface area contributed by atoms with Crippen molar-refractivity contribution in [2.24, 2.45) is 5.73 Å². The third kappa shape index (κ3) is 4.67. The lowest BCUT2D eigenvalue weighted by Crippen LogP contribution is -2.34. The third-order valence-electron chi connectivity index (χ3n) is 4.95. The molecular weight excluding hydrogens is 363 g/mol. The number of amides is 1. The van der Waals surface area contributed by atoms with E-state index in [-0.39, 0.29) is 5.91 Å². The number of hydrogen-bond donors (Lipinski definition) is 2. The molecule has 3 nitrogen and oxygen atoms in total. The molecule has 0 unspecified atom stereocenters. The van der Waals surface area contributed by atoms with Gasteiger partial charge in [0.15, 0.2) is 0 Å². The summed E-state index contributed by atoms with van der Waals surface area (Å²) >= 11 is 0. The van der Waals surface area contributed by atoms with Crippen LogP contribution in [-0.4, -0.2) is 25.2 Å². The molecule has 0 aromatic heterocycles. The van der Waals surface area contributed by atoms with Crippen molar-refractivity contribution in [3.8, 4) is 0 Å². The van der Waals surface area contributed by atoms with Crippen LogP contribution in [0.15, 0.2) is 91.0 Å². The zero-order valence-corrected chi connectivity index (χ0v) is 17.0. The summed E-state index contributed by atoms with van der Waals surface area (Å²) in [6.45, 7) is 1.01. The minimum Gasteiger partial charge on any atom is -0.355 e. The molecule has 144 valence electrons. The zero-order chi connectivity index (χ0) is 19.7. The van der Waals surface area contributed by atoms with Gasteiger partial charge >= 0.3 is 0 Å². The molecule has 0 heterocycles. The number of nitrogens with one attached hydrogen (secondary N) is 1. The van der Waals surface area contributed by atoms with Crippen molar-refractivity contribution in [2.75, 3.05) is 19.3 Å². The molecule has 0 spiro atoms. The lowest BCUT2D eigenvalue weighted by Gasteiger charge is -2.27. The summed E-state index contributed by atoms with van der Waals surface area (Å²) in [5.41, 5.74) is 5.49. The Morgan fingerprint density at radius 2 is 1.18 bits per heavy atom. The topological polar surface area (TPSA) is 55.1 Å². The van der Waals surface area contributed by atoms with E-state index in [1.54, 1.807) is 0 Å². The lowest BCUT2D eigenvalue weighted by molar-refractivity contribution is -0.121. The van der Waals surface area contributed by atoms with E-state index in [0.717, 1.165) is 12.6 Å². The Hall–Kier alpha value is -2.48. The Morgan fingerprint density at radius 3 is 1.57 bits per heavy atom. The summed E-state index contributed by atoms with van der Waals surface area (Å²) in [5.74, 6) is 0.0812. The van der Waals surface area contributed by atoms with Crippen LogP contribution in [0, 0.1) is 0 Å². The summed E-state index contributed by atoms with van der Waals surface area (Å²) in [5, 5.41) is 6.96. The molecule has 0 aliphatic rings. The second kappa shape index (κ2) is 10.2. The highest BCUT2D eigenvalue weighted by Crippen LogP contribution is 2.55. The molecule has 4 heteroatoms. The minimum absolute atomic E-state index is 0.0812. The first kappa shape index (κ1) is 20.3. The first-order valence-electron chi connectivity index (χ1n) is 9.79. The summed E-state index contributed by atoms with van der Waals surface area (Å²) in [7, 11) is -1.84. The summed E-state index contributed by atoms with van der Waals surface area (Å²) in [6, 6.07) is 32.3. The second-order valence-electron chi connectivity index (χ2n) is 6.78. The summed E-state index contributed by atoms with van der Waals surface area (Å²) in [6.07, 6.45) is 2.32. The zero-order valence-electron chi connectivity index (χ0n) is 16.1. The van der Waals surface area contributed by atoms with Crippen molar-refractivity contribution >= 4 is 29.1 Å². The molecule has 0 bridgehead atoms. The Kier molecular flexibility index (Phi) is 7.36. The van der Waals surface area contributed by atoms with Crippen LogP contribution in [0.25, 0.3) is 0 Å². The number of carbonyl (C=O) groups is 1. The van der Waals surface area contributed by atoms with Gasteiger partial charge in [-0.15, -0.1) is 0 Å². The molecule has 3 N–H and O–H groups in total. The van der Waals surface area contributed by atoms with Gasteiger partial charge < -0.3 is 11.1 Å². The predicted molar refractivity (Wildman–Crippen MR) is 121 cm³/mol. The number of benzene rings is 3. The summed E-state index contributed by atoms with van der Waals surface area (Å²) in [4.78, 5) is 12.1. The Bertz CT molecular complexity index is 757. The van der Waals surface area contributed by atoms with Gasteiger partial charge in [-0.25, -0.2) is 0 Å². The van der Waals surface area contributed by atoms with Crippen LogP contribution in [0.2, 0.25) is 0 Å². The van der Waals surface area contributed by atoms with Gasteiger partial charge in [-0.3, -0.25) is 4.79 Å². The lowest BCUT2D eigenvalue weighted by atomic mass is 10.3. The van der Waals surface area contributed by atoms with E-state index in [2.05, 4.69) is 96.3 Å². The minimum atomic E-state index is -1.84. The number of nitrogens with two attached hydrogens (primary N) is 1. The van der Waals surface area contributed by atoms with Crippen molar-refractivity contribution in [2.45, 2.75) is 12.8 Å². The molecule has 1 amide bonds. The van der Waals surface area contributed by atoms with Crippen LogP contribution >= 0.6 is 7.26 Å². The molecular formula is C24H28N2OP+. The van der Waals surface area contributed by atoms with Gasteiger partial charge in [0.1, 0.15) is 23.2 Å². The van der Waals surface area contributed by atoms with Crippen LogP contribution in [0.1, 0.15) is 12.8 Å². The maximum atomic E-state index is 12.1. The largest absolute Gasteiger partial charge is 0.355 e. The fourth-order valence-electron chi connectivity index (χ4n) is 3.66. The van der Waals surface area contributed by atoms with E-state index in [1.807, 2.05) is 0 Å². The molecule has 0 saturated carbocycles. The number of carbonyl (C=O) groups excluding carboxylic acids is 1. The van der Waals surface area contributed by atoms with Gasteiger partial charge in [-0.2, -0.15) is 0 Å². The molecule has 0 aliphatic carbocycles. The maximum Gasteiger partial charge on any atom is 0.220 e. The van der Waals surface area contributed by atoms with E-state index in [9.17, 15) is 4.79 Å². The first-order chi connectivity index (χ1) is 13.8. The Balaban J connectivity index is 2.00. The number of rotatable bonds is 9. The number of hydrogen-bond acceptors (Lipinski definition) is 2. The Labute approximate surface area is 168 Å². The maximum absolute atomic E-state index is 12.1. The second-order valence-corrected chi connectivity index (χ2v) is 10.4. The van der Waals surface area contributed by atoms with Gasteiger partial charge in [0, 0.05) is 19.5 Å². The van der Waals surface area contributed by atoms with Crippen molar-refractivity contribution in [1.29, 1.82) is 0 Å². The van der Waals surface area contributed by atoms with E-state index in [4.69, 9.17) is 5.73 Å². The highest BCUT2D eigenvalue weighted by molar-refractivity contribution is 7.95. The van der Waals surface area contributed by atoms with Crippen LogP contribution in [-0.2, 0) is 4.79 Å². The van der Waals surface area contributed by atoms with Crippen molar-refractivity contribution in [1.82, 2.24) is 5.32 Å². The van der Waals surface area contributed by atoms with Crippen LogP contribution in [0.3, 0.4) is 0 Å². The van der Waals surface area contributed by atoms with Crippen LogP contribution < -0.4 is 27.0 Å². The average Bonchev–Trinajstić information content (AvgIpc) is 2.77. The average molecular weight is 391 g/mol. The molecule has 0 atom stereocenters. The standard InChI is InChI=1S/C24H27N2OP/c25-18-19-26-24(27)17-10-20-28(21-11-4-1-5-12-21,22-13-6-2-7-14-22)23-15-8-3-9-16-23/h1-9,11-16H,10,17-20,25H2/p+1. The van der Waals surface area contributed by atoms with E-state index < -0.39 is 7.26 Å². The highest BCUT2D eigenvalue weighted by Gasteiger charge is 2.44. The smallest absolute Gasteiger partial charge is 0.220 e. The van der Waals surface area contributed by atoms with Gasteiger partial charge in [0.25, 0.3) is 0 Å². The SMILES string of the molecule is NCCNC(=O)CCC[P+](c1ccccc1)(c1ccccc1)c1ccccc1. The van der Waals surface area contributed by atoms with Crippen molar-refractivity contribution in [3.05, 3.63) is 91.0 Å². The molecule has 0 aliphatic heterocycles. The first-order valence-corrected chi connectivity index (χ1v) is 11.8. The fraction of sp³-hybridized carbons (Fsp3) is 0.208. The monoisotopic (exact) mass is 391 g/mol. The molecule has 0 radical (unpaired) electrons. The molecule has 3 rings (SSSR count). The fourth-order valence-corrected chi connectivity index (χ4v) is 8.00. The van der Waals surface area contributed by atoms with E-state index >= 15 is 0 Å². The van der Waals surface area contributed by atoms with Gasteiger partial charge in [-0.1, -0.05) is 54.6 Å². The van der Waals surface area contributed by atoms with Crippen LogP contribution in [0.4, 0.5) is 0 Å². The van der Waals surface area contributed by atoms with Crippen molar-refractivity contribution in [3.63, 3.8) is 0 Å². The molecule has 3 aromatic rings.